The fourth-order valence-corrected chi connectivity index (χ4v) is 3.43. The van der Waals surface area contributed by atoms with Crippen molar-refractivity contribution >= 4 is 5.91 Å². The predicted molar refractivity (Wildman–Crippen MR) is 116 cm³/mol. The number of aryl methyl sites for hydroxylation is 5. The predicted octanol–water partition coefficient (Wildman–Crippen LogP) is 2.00. The van der Waals surface area contributed by atoms with Crippen molar-refractivity contribution in [2.24, 2.45) is 0 Å². The third-order valence-electron chi connectivity index (χ3n) is 5.05. The van der Waals surface area contributed by atoms with Gasteiger partial charge in [0.25, 0.3) is 11.5 Å². The first-order chi connectivity index (χ1) is 14.4. The standard InChI is InChI=1S/C23H26N4O3/c1-16-9-12-26(13-10-19-7-5-4-6-8-19)22(29)20(16)21(28)24-11-14-27-18(3)15-17(2)25-23(27)30/h4-9,12,15H,10-11,13-14H2,1-3H3,(H,24,28). The summed E-state index contributed by atoms with van der Waals surface area (Å²) in [4.78, 5) is 41.5. The summed E-state index contributed by atoms with van der Waals surface area (Å²) in [5, 5.41) is 2.76. The first-order valence-corrected chi connectivity index (χ1v) is 9.94. The average molecular weight is 406 g/mol. The Morgan fingerprint density at radius 2 is 1.77 bits per heavy atom. The van der Waals surface area contributed by atoms with Gasteiger partial charge < -0.3 is 9.88 Å². The normalized spacial score (nSPS) is 10.8. The molecule has 0 aliphatic carbocycles. The van der Waals surface area contributed by atoms with Crippen molar-refractivity contribution in [1.82, 2.24) is 19.4 Å². The smallest absolute Gasteiger partial charge is 0.348 e. The third-order valence-corrected chi connectivity index (χ3v) is 5.05. The highest BCUT2D eigenvalue weighted by atomic mass is 16.2. The molecule has 1 N–H and O–H groups in total. The van der Waals surface area contributed by atoms with E-state index < -0.39 is 5.91 Å². The van der Waals surface area contributed by atoms with Crippen LogP contribution in [-0.2, 0) is 19.5 Å². The maximum absolute atomic E-state index is 12.9. The summed E-state index contributed by atoms with van der Waals surface area (Å²) in [5.74, 6) is -0.433. The van der Waals surface area contributed by atoms with Gasteiger partial charge in [-0.1, -0.05) is 30.3 Å². The van der Waals surface area contributed by atoms with Gasteiger partial charge in [-0.05, 0) is 50.5 Å². The highest BCUT2D eigenvalue weighted by Crippen LogP contribution is 2.05. The Morgan fingerprint density at radius 3 is 2.47 bits per heavy atom. The number of aromatic nitrogens is 3. The maximum Gasteiger partial charge on any atom is 0.348 e. The number of amides is 1. The van der Waals surface area contributed by atoms with Crippen molar-refractivity contribution in [1.29, 1.82) is 0 Å². The van der Waals surface area contributed by atoms with Gasteiger partial charge in [0.1, 0.15) is 5.56 Å². The molecule has 0 spiro atoms. The first kappa shape index (κ1) is 21.2. The summed E-state index contributed by atoms with van der Waals surface area (Å²) in [6.45, 7) is 6.34. The van der Waals surface area contributed by atoms with Crippen LogP contribution in [0.3, 0.4) is 0 Å². The van der Waals surface area contributed by atoms with E-state index in [4.69, 9.17) is 0 Å². The van der Waals surface area contributed by atoms with Gasteiger partial charge in [0.15, 0.2) is 0 Å². The van der Waals surface area contributed by atoms with Gasteiger partial charge in [-0.2, -0.15) is 4.98 Å². The zero-order valence-electron chi connectivity index (χ0n) is 17.5. The number of nitrogens with one attached hydrogen (secondary N) is 1. The molecule has 0 bridgehead atoms. The molecule has 0 atom stereocenters. The molecule has 0 saturated carbocycles. The molecular weight excluding hydrogens is 380 g/mol. The summed E-state index contributed by atoms with van der Waals surface area (Å²) in [5.41, 5.74) is 2.67. The van der Waals surface area contributed by atoms with Crippen LogP contribution in [0.4, 0.5) is 0 Å². The second-order valence-electron chi connectivity index (χ2n) is 7.34. The number of hydrogen-bond donors (Lipinski definition) is 1. The Labute approximate surface area is 175 Å². The SMILES string of the molecule is Cc1cc(C)n(CCNC(=O)c2c(C)ccn(CCc3ccccc3)c2=O)c(=O)n1. The minimum Gasteiger partial charge on any atom is -0.350 e. The van der Waals surface area contributed by atoms with Crippen molar-refractivity contribution < 1.29 is 4.79 Å². The average Bonchev–Trinajstić information content (AvgIpc) is 2.70. The maximum atomic E-state index is 12.9. The van der Waals surface area contributed by atoms with Crippen molar-refractivity contribution in [3.63, 3.8) is 0 Å². The number of benzene rings is 1. The Bertz CT molecular complexity index is 1160. The van der Waals surface area contributed by atoms with Gasteiger partial charge in [-0.3, -0.25) is 14.2 Å². The summed E-state index contributed by atoms with van der Waals surface area (Å²) >= 11 is 0. The largest absolute Gasteiger partial charge is 0.350 e. The molecule has 30 heavy (non-hydrogen) atoms. The Kier molecular flexibility index (Phi) is 6.61. The Balaban J connectivity index is 1.70. The molecule has 2 heterocycles. The fourth-order valence-electron chi connectivity index (χ4n) is 3.43. The molecule has 0 aliphatic heterocycles. The van der Waals surface area contributed by atoms with E-state index in [1.807, 2.05) is 43.3 Å². The summed E-state index contributed by atoms with van der Waals surface area (Å²) < 4.78 is 3.07. The van der Waals surface area contributed by atoms with Gasteiger partial charge in [0.2, 0.25) is 0 Å². The van der Waals surface area contributed by atoms with E-state index in [9.17, 15) is 14.4 Å². The lowest BCUT2D eigenvalue weighted by molar-refractivity contribution is 0.0949. The number of rotatable bonds is 7. The molecule has 3 aromatic rings. The molecule has 2 aromatic heterocycles. The molecule has 3 rings (SSSR count). The summed E-state index contributed by atoms with van der Waals surface area (Å²) in [6.07, 6.45) is 2.42. The zero-order chi connectivity index (χ0) is 21.7. The molecular formula is C23H26N4O3. The molecule has 0 fully saturated rings. The van der Waals surface area contributed by atoms with E-state index in [1.54, 1.807) is 30.7 Å². The van der Waals surface area contributed by atoms with Gasteiger partial charge >= 0.3 is 5.69 Å². The van der Waals surface area contributed by atoms with Crippen LogP contribution in [0.15, 0.2) is 58.3 Å². The van der Waals surface area contributed by atoms with Crippen LogP contribution in [0.25, 0.3) is 0 Å². The van der Waals surface area contributed by atoms with E-state index in [2.05, 4.69) is 10.3 Å². The van der Waals surface area contributed by atoms with Crippen LogP contribution < -0.4 is 16.6 Å². The molecule has 156 valence electrons. The highest BCUT2D eigenvalue weighted by molar-refractivity contribution is 5.95. The van der Waals surface area contributed by atoms with E-state index in [0.29, 0.717) is 24.2 Å². The van der Waals surface area contributed by atoms with Crippen LogP contribution in [-0.4, -0.2) is 26.6 Å². The quantitative estimate of drug-likeness (QED) is 0.650. The molecule has 7 heteroatoms. The van der Waals surface area contributed by atoms with Crippen LogP contribution in [0, 0.1) is 20.8 Å². The second kappa shape index (κ2) is 9.35. The third kappa shape index (κ3) is 4.92. The Morgan fingerprint density at radius 1 is 1.03 bits per heavy atom. The monoisotopic (exact) mass is 406 g/mol. The highest BCUT2D eigenvalue weighted by Gasteiger charge is 2.15. The van der Waals surface area contributed by atoms with E-state index in [0.717, 1.165) is 11.3 Å². The molecule has 7 nitrogen and oxygen atoms in total. The number of carbonyl (C=O) groups is 1. The number of carbonyl (C=O) groups excluding carboxylic acids is 1. The molecule has 0 saturated heterocycles. The van der Waals surface area contributed by atoms with Crippen LogP contribution in [0.2, 0.25) is 0 Å². The van der Waals surface area contributed by atoms with Crippen molar-refractivity contribution in [2.75, 3.05) is 6.54 Å². The number of hydrogen-bond acceptors (Lipinski definition) is 4. The van der Waals surface area contributed by atoms with E-state index in [1.165, 1.54) is 4.57 Å². The van der Waals surface area contributed by atoms with Crippen LogP contribution >= 0.6 is 0 Å². The van der Waals surface area contributed by atoms with Crippen molar-refractivity contribution in [2.45, 2.75) is 40.3 Å². The molecule has 1 aromatic carbocycles. The first-order valence-electron chi connectivity index (χ1n) is 9.94. The zero-order valence-corrected chi connectivity index (χ0v) is 17.5. The molecule has 0 unspecified atom stereocenters. The summed E-state index contributed by atoms with van der Waals surface area (Å²) in [7, 11) is 0. The van der Waals surface area contributed by atoms with Gasteiger partial charge in [-0.25, -0.2) is 4.79 Å². The molecule has 0 radical (unpaired) electrons. The minimum atomic E-state index is -0.433. The molecule has 1 amide bonds. The lowest BCUT2D eigenvalue weighted by Gasteiger charge is -2.13. The fraction of sp³-hybridized carbons (Fsp3) is 0.304. The lowest BCUT2D eigenvalue weighted by atomic mass is 10.1. The van der Waals surface area contributed by atoms with Crippen molar-refractivity contribution in [3.8, 4) is 0 Å². The van der Waals surface area contributed by atoms with Gasteiger partial charge in [-0.15, -0.1) is 0 Å². The second-order valence-corrected chi connectivity index (χ2v) is 7.34. The van der Waals surface area contributed by atoms with Crippen LogP contribution in [0.1, 0.15) is 32.9 Å². The van der Waals surface area contributed by atoms with E-state index >= 15 is 0 Å². The topological polar surface area (TPSA) is 86.0 Å². The number of nitrogens with zero attached hydrogens (tertiary/aromatic N) is 3. The van der Waals surface area contributed by atoms with Crippen LogP contribution in [0.5, 0.6) is 0 Å². The summed E-state index contributed by atoms with van der Waals surface area (Å²) in [6, 6.07) is 13.5. The molecule has 0 aliphatic rings. The number of pyridine rings is 1. The van der Waals surface area contributed by atoms with Crippen molar-refractivity contribution in [3.05, 3.63) is 97.6 Å². The lowest BCUT2D eigenvalue weighted by Crippen LogP contribution is -2.37. The van der Waals surface area contributed by atoms with E-state index in [-0.39, 0.29) is 29.9 Å². The minimum absolute atomic E-state index is 0.136. The van der Waals surface area contributed by atoms with Gasteiger partial charge in [0, 0.05) is 37.2 Å². The Hall–Kier alpha value is -3.48. The van der Waals surface area contributed by atoms with Gasteiger partial charge in [0.05, 0.1) is 0 Å².